The standard InChI is InChI=1S/C12H15N3O/c1-8-14-15-11(16-8)10-6-5-9(7-13-10)12(2,3)4/h5-7H,1-4H3. The summed E-state index contributed by atoms with van der Waals surface area (Å²) in [4.78, 5) is 4.33. The molecule has 2 aromatic heterocycles. The highest BCUT2D eigenvalue weighted by atomic mass is 16.4. The molecule has 0 N–H and O–H groups in total. The summed E-state index contributed by atoms with van der Waals surface area (Å²) in [6, 6.07) is 3.95. The zero-order valence-electron chi connectivity index (χ0n) is 9.98. The average Bonchev–Trinajstić information content (AvgIpc) is 2.64. The largest absolute Gasteiger partial charge is 0.420 e. The maximum Gasteiger partial charge on any atom is 0.266 e. The number of nitrogens with zero attached hydrogens (tertiary/aromatic N) is 3. The Bertz CT molecular complexity index is 480. The molecule has 2 rings (SSSR count). The molecule has 0 aliphatic heterocycles. The Morgan fingerprint density at radius 1 is 1.12 bits per heavy atom. The molecule has 4 heteroatoms. The van der Waals surface area contributed by atoms with Crippen molar-refractivity contribution in [2.24, 2.45) is 0 Å². The zero-order chi connectivity index (χ0) is 11.8. The van der Waals surface area contributed by atoms with Crippen LogP contribution in [0.5, 0.6) is 0 Å². The Hall–Kier alpha value is -1.71. The van der Waals surface area contributed by atoms with Crippen molar-refractivity contribution in [1.82, 2.24) is 15.2 Å². The van der Waals surface area contributed by atoms with Crippen molar-refractivity contribution in [3.8, 4) is 11.6 Å². The van der Waals surface area contributed by atoms with Gasteiger partial charge in [-0.1, -0.05) is 26.8 Å². The topological polar surface area (TPSA) is 51.8 Å². The highest BCUT2D eigenvalue weighted by Gasteiger charge is 2.15. The smallest absolute Gasteiger partial charge is 0.266 e. The second kappa shape index (κ2) is 3.70. The van der Waals surface area contributed by atoms with E-state index in [2.05, 4.69) is 36.0 Å². The minimum absolute atomic E-state index is 0.107. The molecule has 0 saturated heterocycles. The van der Waals surface area contributed by atoms with Gasteiger partial charge in [-0.05, 0) is 17.0 Å². The van der Waals surface area contributed by atoms with Crippen molar-refractivity contribution in [2.45, 2.75) is 33.1 Å². The van der Waals surface area contributed by atoms with Gasteiger partial charge in [-0.2, -0.15) is 0 Å². The van der Waals surface area contributed by atoms with Crippen LogP contribution >= 0.6 is 0 Å². The SMILES string of the molecule is Cc1nnc(-c2ccc(C(C)(C)C)cn2)o1. The molecule has 0 aliphatic rings. The summed E-state index contributed by atoms with van der Waals surface area (Å²) in [7, 11) is 0. The van der Waals surface area contributed by atoms with Crippen LogP contribution in [0.15, 0.2) is 22.7 Å². The van der Waals surface area contributed by atoms with Gasteiger partial charge in [-0.25, -0.2) is 0 Å². The predicted molar refractivity (Wildman–Crippen MR) is 61.0 cm³/mol. The fraction of sp³-hybridized carbons (Fsp3) is 0.417. The molecule has 0 bridgehead atoms. The third-order valence-corrected chi connectivity index (χ3v) is 2.37. The molecule has 0 saturated carbocycles. The molecule has 0 spiro atoms. The normalized spacial score (nSPS) is 11.8. The van der Waals surface area contributed by atoms with Gasteiger partial charge < -0.3 is 4.42 Å². The van der Waals surface area contributed by atoms with E-state index in [-0.39, 0.29) is 5.41 Å². The number of aryl methyl sites for hydroxylation is 1. The van der Waals surface area contributed by atoms with Crippen LogP contribution in [0.25, 0.3) is 11.6 Å². The van der Waals surface area contributed by atoms with E-state index < -0.39 is 0 Å². The number of rotatable bonds is 1. The highest BCUT2D eigenvalue weighted by molar-refractivity contribution is 5.46. The van der Waals surface area contributed by atoms with Crippen LogP contribution < -0.4 is 0 Å². The predicted octanol–water partition coefficient (Wildman–Crippen LogP) is 2.74. The van der Waals surface area contributed by atoms with Crippen LogP contribution in [0.1, 0.15) is 32.2 Å². The lowest BCUT2D eigenvalue weighted by Gasteiger charge is -2.18. The fourth-order valence-corrected chi connectivity index (χ4v) is 1.36. The first-order valence-electron chi connectivity index (χ1n) is 5.24. The van der Waals surface area contributed by atoms with Gasteiger partial charge >= 0.3 is 0 Å². The van der Waals surface area contributed by atoms with Crippen molar-refractivity contribution in [3.05, 3.63) is 29.8 Å². The fourth-order valence-electron chi connectivity index (χ4n) is 1.36. The quantitative estimate of drug-likeness (QED) is 0.737. The first-order chi connectivity index (χ1) is 7.47. The van der Waals surface area contributed by atoms with Gasteiger partial charge in [-0.3, -0.25) is 4.98 Å². The summed E-state index contributed by atoms with van der Waals surface area (Å²) in [6.07, 6.45) is 1.86. The molecule has 0 atom stereocenters. The second-order valence-electron chi connectivity index (χ2n) is 4.81. The third kappa shape index (κ3) is 2.10. The highest BCUT2D eigenvalue weighted by Crippen LogP contribution is 2.23. The molecule has 4 nitrogen and oxygen atoms in total. The summed E-state index contributed by atoms with van der Waals surface area (Å²) in [5.41, 5.74) is 2.01. The van der Waals surface area contributed by atoms with E-state index in [0.29, 0.717) is 17.5 Å². The number of pyridine rings is 1. The Labute approximate surface area is 94.7 Å². The van der Waals surface area contributed by atoms with Crippen molar-refractivity contribution in [1.29, 1.82) is 0 Å². The van der Waals surface area contributed by atoms with E-state index in [1.807, 2.05) is 18.3 Å². The summed E-state index contributed by atoms with van der Waals surface area (Å²) >= 11 is 0. The number of aromatic nitrogens is 3. The zero-order valence-corrected chi connectivity index (χ0v) is 9.98. The Morgan fingerprint density at radius 2 is 1.88 bits per heavy atom. The van der Waals surface area contributed by atoms with Crippen molar-refractivity contribution in [2.75, 3.05) is 0 Å². The van der Waals surface area contributed by atoms with E-state index in [4.69, 9.17) is 4.42 Å². The molecule has 2 heterocycles. The molecule has 0 amide bonds. The molecule has 84 valence electrons. The summed E-state index contributed by atoms with van der Waals surface area (Å²) in [6.45, 7) is 8.22. The van der Waals surface area contributed by atoms with E-state index in [1.54, 1.807) is 6.92 Å². The van der Waals surface area contributed by atoms with Gasteiger partial charge in [0.15, 0.2) is 0 Å². The average molecular weight is 217 g/mol. The van der Waals surface area contributed by atoms with Gasteiger partial charge in [0.25, 0.3) is 5.89 Å². The molecular weight excluding hydrogens is 202 g/mol. The van der Waals surface area contributed by atoms with Crippen LogP contribution in [0.2, 0.25) is 0 Å². The molecule has 0 fully saturated rings. The van der Waals surface area contributed by atoms with E-state index >= 15 is 0 Å². The van der Waals surface area contributed by atoms with Crippen LogP contribution in [0.3, 0.4) is 0 Å². The van der Waals surface area contributed by atoms with Crippen molar-refractivity contribution in [3.63, 3.8) is 0 Å². The van der Waals surface area contributed by atoms with Gasteiger partial charge in [0, 0.05) is 13.1 Å². The van der Waals surface area contributed by atoms with E-state index in [0.717, 1.165) is 0 Å². The molecule has 0 aromatic carbocycles. The minimum Gasteiger partial charge on any atom is -0.420 e. The maximum absolute atomic E-state index is 5.31. The Morgan fingerprint density at radius 3 is 2.31 bits per heavy atom. The number of hydrogen-bond acceptors (Lipinski definition) is 4. The number of hydrogen-bond donors (Lipinski definition) is 0. The summed E-state index contributed by atoms with van der Waals surface area (Å²) in [5.74, 6) is 1.02. The monoisotopic (exact) mass is 217 g/mol. The summed E-state index contributed by atoms with van der Waals surface area (Å²) < 4.78 is 5.31. The van der Waals surface area contributed by atoms with Crippen molar-refractivity contribution >= 4 is 0 Å². The van der Waals surface area contributed by atoms with Crippen LogP contribution in [-0.2, 0) is 5.41 Å². The Balaban J connectivity index is 2.33. The molecule has 0 aliphatic carbocycles. The van der Waals surface area contributed by atoms with Crippen LogP contribution in [0.4, 0.5) is 0 Å². The third-order valence-electron chi connectivity index (χ3n) is 2.37. The summed E-state index contributed by atoms with van der Waals surface area (Å²) in [5, 5.41) is 7.71. The molecule has 2 aromatic rings. The molecule has 16 heavy (non-hydrogen) atoms. The van der Waals surface area contributed by atoms with Crippen LogP contribution in [0, 0.1) is 6.92 Å². The Kier molecular flexibility index (Phi) is 2.50. The lowest BCUT2D eigenvalue weighted by molar-refractivity contribution is 0.530. The lowest BCUT2D eigenvalue weighted by Crippen LogP contribution is -2.11. The van der Waals surface area contributed by atoms with Crippen LogP contribution in [-0.4, -0.2) is 15.2 Å². The van der Waals surface area contributed by atoms with Gasteiger partial charge in [0.05, 0.1) is 0 Å². The van der Waals surface area contributed by atoms with Crippen molar-refractivity contribution < 1.29 is 4.42 Å². The van der Waals surface area contributed by atoms with Gasteiger partial charge in [-0.15, -0.1) is 10.2 Å². The first kappa shape index (κ1) is 10.8. The molecule has 0 radical (unpaired) electrons. The molecular formula is C12H15N3O. The second-order valence-corrected chi connectivity index (χ2v) is 4.81. The first-order valence-corrected chi connectivity index (χ1v) is 5.24. The minimum atomic E-state index is 0.107. The van der Waals surface area contributed by atoms with Gasteiger partial charge in [0.1, 0.15) is 5.69 Å². The van der Waals surface area contributed by atoms with Gasteiger partial charge in [0.2, 0.25) is 5.89 Å². The lowest BCUT2D eigenvalue weighted by atomic mass is 9.88. The van der Waals surface area contributed by atoms with E-state index in [9.17, 15) is 0 Å². The molecule has 0 unspecified atom stereocenters. The van der Waals surface area contributed by atoms with E-state index in [1.165, 1.54) is 5.56 Å². The maximum atomic E-state index is 5.31.